The summed E-state index contributed by atoms with van der Waals surface area (Å²) < 4.78 is 202. The van der Waals surface area contributed by atoms with Crippen LogP contribution >= 0.6 is 0 Å². The van der Waals surface area contributed by atoms with Gasteiger partial charge in [0.1, 0.15) is 15.9 Å². The maximum atomic E-state index is 13.4. The van der Waals surface area contributed by atoms with Gasteiger partial charge in [0.2, 0.25) is 0 Å². The molecule has 0 aromatic heterocycles. The van der Waals surface area contributed by atoms with Crippen LogP contribution in [0.5, 0.6) is 5.75 Å². The normalized spacial score (nSPS) is 14.8. The van der Waals surface area contributed by atoms with E-state index in [2.05, 4.69) is 4.74 Å². The first-order chi connectivity index (χ1) is 12.9. The van der Waals surface area contributed by atoms with E-state index >= 15 is 0 Å². The van der Waals surface area contributed by atoms with Crippen molar-refractivity contribution in [2.24, 2.45) is 0 Å². The Bertz CT molecular complexity index is 881. The van der Waals surface area contributed by atoms with E-state index in [4.69, 9.17) is 0 Å². The number of hydrogen-bond donors (Lipinski definition) is 0. The molecule has 174 valence electrons. The Morgan fingerprint density at radius 3 is 1.32 bits per heavy atom. The molecule has 0 N–H and O–H groups in total. The van der Waals surface area contributed by atoms with Gasteiger partial charge in [-0.1, -0.05) is 0 Å². The molecule has 0 aliphatic heterocycles. The first kappa shape index (κ1) is 30.0. The van der Waals surface area contributed by atoms with Gasteiger partial charge in [-0.05, 0) is 24.3 Å². The second kappa shape index (κ2) is 8.42. The van der Waals surface area contributed by atoms with Crippen LogP contribution in [0.2, 0.25) is 0 Å². The van der Waals surface area contributed by atoms with Crippen LogP contribution in [0.15, 0.2) is 29.2 Å². The molecule has 0 aliphatic carbocycles. The van der Waals surface area contributed by atoms with E-state index in [1.807, 2.05) is 0 Å². The summed E-state index contributed by atoms with van der Waals surface area (Å²) in [6.07, 6.45) is -14.4. The Labute approximate surface area is 185 Å². The van der Waals surface area contributed by atoms with Gasteiger partial charge in [-0.25, -0.2) is 8.42 Å². The van der Waals surface area contributed by atoms with Crippen LogP contribution in [0, 0.1) is 0 Å². The Morgan fingerprint density at radius 2 is 1.00 bits per heavy atom. The van der Waals surface area contributed by atoms with E-state index in [0.29, 0.717) is 0 Å². The van der Waals surface area contributed by atoms with Gasteiger partial charge in [0.15, 0.2) is 0 Å². The molecule has 0 aliphatic rings. The smallest absolute Gasteiger partial charge is 0.744 e. The van der Waals surface area contributed by atoms with Crippen molar-refractivity contribution in [3.05, 3.63) is 24.3 Å². The molecule has 0 fully saturated rings. The number of ether oxygens (including phenoxy) is 1. The van der Waals surface area contributed by atoms with Crippen molar-refractivity contribution < 1.29 is 104 Å². The summed E-state index contributed by atoms with van der Waals surface area (Å²) in [6.45, 7) is 0. The van der Waals surface area contributed by atoms with Gasteiger partial charge in [0, 0.05) is 0 Å². The molecule has 19 heteroatoms. The van der Waals surface area contributed by atoms with Gasteiger partial charge >= 0.3 is 65.5 Å². The fraction of sp³-hybridized carbons (Fsp3) is 0.500. The fourth-order valence-corrected chi connectivity index (χ4v) is 2.11. The second-order valence-corrected chi connectivity index (χ2v) is 6.72. The van der Waals surface area contributed by atoms with Gasteiger partial charge in [-0.2, -0.15) is 57.1 Å². The van der Waals surface area contributed by atoms with Crippen molar-refractivity contribution in [1.29, 1.82) is 0 Å². The van der Waals surface area contributed by atoms with Crippen molar-refractivity contribution >= 4 is 10.1 Å². The van der Waals surface area contributed by atoms with E-state index in [1.54, 1.807) is 0 Å². The molecule has 0 amide bonds. The Kier molecular flexibility index (Phi) is 8.15. The largest absolute Gasteiger partial charge is 1.00 e. The van der Waals surface area contributed by atoms with Crippen LogP contribution in [0.4, 0.5) is 57.1 Å². The molecule has 31 heavy (non-hydrogen) atoms. The van der Waals surface area contributed by atoms with Crippen LogP contribution in [0.1, 0.15) is 0 Å². The molecule has 4 nitrogen and oxygen atoms in total. The molecule has 0 saturated heterocycles. The summed E-state index contributed by atoms with van der Waals surface area (Å²) >= 11 is 0. The molecule has 0 heterocycles. The zero-order chi connectivity index (χ0) is 24.2. The van der Waals surface area contributed by atoms with Crippen LogP contribution in [-0.2, 0) is 10.1 Å². The average molecular weight is 514 g/mol. The average Bonchev–Trinajstić information content (AvgIpc) is 2.52. The topological polar surface area (TPSA) is 66.4 Å². The third-order valence-corrected chi connectivity index (χ3v) is 4.11. The molecular formula is C12H4F13NaO4S. The SMILES string of the molecule is O=S(=O)([O-])c1ccc(OC(F)(F)C(F)(F)C(F)(F)C(F)(F)C(F)(F)C(F)(F)F)cc1.[Na+]. The molecule has 0 radical (unpaired) electrons. The zero-order valence-corrected chi connectivity index (χ0v) is 17.1. The molecule has 1 aromatic carbocycles. The molecule has 0 atom stereocenters. The Hall–Kier alpha value is -0.980. The minimum atomic E-state index is -8.07. The minimum absolute atomic E-state index is 0. The van der Waals surface area contributed by atoms with E-state index in [0.717, 1.165) is 0 Å². The fourth-order valence-electron chi connectivity index (χ4n) is 1.64. The zero-order valence-electron chi connectivity index (χ0n) is 14.3. The van der Waals surface area contributed by atoms with E-state index in [-0.39, 0.29) is 53.8 Å². The standard InChI is InChI=1S/C12H5F13O4S.Na/c13-7(14,9(17,18)11(21,22)23)8(15,16)10(19,20)12(24,25)29-5-1-3-6(4-2-5)30(26,27)28;/h1-4H,(H,26,27,28);/q;+1/p-1. The van der Waals surface area contributed by atoms with Crippen molar-refractivity contribution in [3.63, 3.8) is 0 Å². The molecule has 0 saturated carbocycles. The van der Waals surface area contributed by atoms with Crippen molar-refractivity contribution in [2.45, 2.75) is 40.9 Å². The van der Waals surface area contributed by atoms with Crippen LogP contribution in [0.3, 0.4) is 0 Å². The minimum Gasteiger partial charge on any atom is -0.744 e. The monoisotopic (exact) mass is 514 g/mol. The third-order valence-electron chi connectivity index (χ3n) is 3.26. The molecule has 1 rings (SSSR count). The number of hydrogen-bond acceptors (Lipinski definition) is 4. The van der Waals surface area contributed by atoms with Gasteiger partial charge < -0.3 is 9.29 Å². The molecular weight excluding hydrogens is 510 g/mol. The molecule has 1 aromatic rings. The Morgan fingerprint density at radius 1 is 0.645 bits per heavy atom. The van der Waals surface area contributed by atoms with Crippen molar-refractivity contribution in [2.75, 3.05) is 0 Å². The van der Waals surface area contributed by atoms with Gasteiger partial charge in [-0.15, -0.1) is 0 Å². The quantitative estimate of drug-likeness (QED) is 0.316. The Balaban J connectivity index is 0.00000900. The van der Waals surface area contributed by atoms with E-state index in [9.17, 15) is 70.0 Å². The molecule has 0 bridgehead atoms. The summed E-state index contributed by atoms with van der Waals surface area (Å²) in [7, 11) is -5.21. The first-order valence-electron chi connectivity index (χ1n) is 6.64. The summed E-state index contributed by atoms with van der Waals surface area (Å²) in [5, 5.41) is 0. The summed E-state index contributed by atoms with van der Waals surface area (Å²) in [4.78, 5) is -1.17. The van der Waals surface area contributed by atoms with Crippen LogP contribution in [-0.4, -0.2) is 48.9 Å². The summed E-state index contributed by atoms with van der Waals surface area (Å²) in [6, 6.07) is 0.206. The predicted octanol–water partition coefficient (Wildman–Crippen LogP) is 1.67. The van der Waals surface area contributed by atoms with Crippen molar-refractivity contribution in [1.82, 2.24) is 0 Å². The second-order valence-electron chi connectivity index (χ2n) is 5.34. The van der Waals surface area contributed by atoms with Crippen molar-refractivity contribution in [3.8, 4) is 5.75 Å². The third kappa shape index (κ3) is 5.01. The number of alkyl halides is 13. The van der Waals surface area contributed by atoms with Crippen LogP contribution in [0.25, 0.3) is 0 Å². The predicted molar refractivity (Wildman–Crippen MR) is 65.8 cm³/mol. The van der Waals surface area contributed by atoms with Gasteiger partial charge in [0.25, 0.3) is 0 Å². The maximum Gasteiger partial charge on any atom is 1.00 e. The number of rotatable bonds is 7. The van der Waals surface area contributed by atoms with Crippen LogP contribution < -0.4 is 34.3 Å². The number of benzene rings is 1. The number of halogens is 13. The first-order valence-corrected chi connectivity index (χ1v) is 8.05. The summed E-state index contributed by atoms with van der Waals surface area (Å²) in [5.41, 5.74) is 0. The maximum absolute atomic E-state index is 13.4. The summed E-state index contributed by atoms with van der Waals surface area (Å²) in [5.74, 6) is -33.3. The molecule has 0 spiro atoms. The van der Waals surface area contributed by atoms with E-state index < -0.39 is 56.7 Å². The van der Waals surface area contributed by atoms with Gasteiger partial charge in [0.05, 0.1) is 4.90 Å². The van der Waals surface area contributed by atoms with Gasteiger partial charge in [-0.3, -0.25) is 0 Å². The molecule has 0 unspecified atom stereocenters. The van der Waals surface area contributed by atoms with E-state index in [1.165, 1.54) is 0 Å².